The van der Waals surface area contributed by atoms with Crippen LogP contribution in [0.5, 0.6) is 0 Å². The fourth-order valence-corrected chi connectivity index (χ4v) is 2.26. The summed E-state index contributed by atoms with van der Waals surface area (Å²) in [6.45, 7) is 0. The average Bonchev–Trinajstić information content (AvgIpc) is 2.65. The summed E-state index contributed by atoms with van der Waals surface area (Å²) in [4.78, 5) is 20.2. The molecule has 0 radical (unpaired) electrons. The molecule has 2 aromatic carbocycles. The van der Waals surface area contributed by atoms with Gasteiger partial charge >= 0.3 is 5.97 Å². The van der Waals surface area contributed by atoms with Gasteiger partial charge in [0.05, 0.1) is 18.4 Å². The number of nitrogens with one attached hydrogen (secondary N) is 2. The van der Waals surface area contributed by atoms with Crippen molar-refractivity contribution in [3.8, 4) is 0 Å². The number of rotatable bonds is 5. The van der Waals surface area contributed by atoms with Crippen molar-refractivity contribution in [2.45, 2.75) is 0 Å². The number of esters is 1. The molecule has 0 spiro atoms. The summed E-state index contributed by atoms with van der Waals surface area (Å²) in [5.74, 6) is 0.419. The van der Waals surface area contributed by atoms with E-state index >= 15 is 0 Å². The van der Waals surface area contributed by atoms with Crippen molar-refractivity contribution in [3.05, 3.63) is 66.5 Å². The van der Waals surface area contributed by atoms with Crippen LogP contribution < -0.4 is 16.4 Å². The molecule has 7 heteroatoms. The monoisotopic (exact) mass is 335 g/mol. The highest BCUT2D eigenvalue weighted by atomic mass is 16.5. The molecule has 0 aliphatic rings. The quantitative estimate of drug-likeness (QED) is 0.615. The van der Waals surface area contributed by atoms with Crippen LogP contribution in [0.15, 0.2) is 60.9 Å². The number of aromatic nitrogens is 2. The second kappa shape index (κ2) is 7.31. The van der Waals surface area contributed by atoms with E-state index in [0.717, 1.165) is 5.69 Å². The van der Waals surface area contributed by atoms with Gasteiger partial charge in [-0.2, -0.15) is 0 Å². The number of hydrogen-bond donors (Lipinski definition) is 3. The van der Waals surface area contributed by atoms with Crippen LogP contribution in [-0.4, -0.2) is 23.0 Å². The fourth-order valence-electron chi connectivity index (χ4n) is 2.26. The first-order chi connectivity index (χ1) is 12.2. The zero-order valence-electron chi connectivity index (χ0n) is 13.6. The largest absolute Gasteiger partial charge is 0.465 e. The molecule has 3 aromatic rings. The van der Waals surface area contributed by atoms with Crippen molar-refractivity contribution in [1.82, 2.24) is 9.97 Å². The Morgan fingerprint density at radius 2 is 1.60 bits per heavy atom. The molecule has 0 fully saturated rings. The minimum Gasteiger partial charge on any atom is -0.465 e. The molecular weight excluding hydrogens is 318 g/mol. The van der Waals surface area contributed by atoms with E-state index in [1.54, 1.807) is 24.3 Å². The van der Waals surface area contributed by atoms with Crippen LogP contribution in [0.25, 0.3) is 0 Å². The summed E-state index contributed by atoms with van der Waals surface area (Å²) in [5, 5.41) is 6.20. The van der Waals surface area contributed by atoms with E-state index in [-0.39, 0.29) is 0 Å². The Labute approximate surface area is 144 Å². The first-order valence-electron chi connectivity index (χ1n) is 7.56. The van der Waals surface area contributed by atoms with Gasteiger partial charge in [-0.3, -0.25) is 0 Å². The number of nitrogens with two attached hydrogens (primary N) is 1. The number of methoxy groups -OCH3 is 1. The Morgan fingerprint density at radius 3 is 2.32 bits per heavy atom. The zero-order valence-corrected chi connectivity index (χ0v) is 13.6. The standard InChI is InChI=1S/C18H17N5O2/c1-25-18(24)13-9-5-6-10-14(13)23-17-15(19)16(20-11-21-17)22-12-7-3-2-4-8-12/h2-11H,19H2,1H3,(H2,20,21,22,23). The summed E-state index contributed by atoms with van der Waals surface area (Å²) in [5.41, 5.74) is 8.30. The van der Waals surface area contributed by atoms with Gasteiger partial charge in [0, 0.05) is 5.69 Å². The van der Waals surface area contributed by atoms with Crippen LogP contribution in [-0.2, 0) is 4.74 Å². The van der Waals surface area contributed by atoms with Crippen LogP contribution in [0.4, 0.5) is 28.7 Å². The van der Waals surface area contributed by atoms with E-state index in [4.69, 9.17) is 10.5 Å². The second-order valence-corrected chi connectivity index (χ2v) is 5.14. The van der Waals surface area contributed by atoms with Gasteiger partial charge in [0.2, 0.25) is 0 Å². The Balaban J connectivity index is 1.90. The topological polar surface area (TPSA) is 102 Å². The summed E-state index contributed by atoms with van der Waals surface area (Å²) in [6.07, 6.45) is 1.39. The maximum Gasteiger partial charge on any atom is 0.339 e. The predicted molar refractivity (Wildman–Crippen MR) is 97.2 cm³/mol. The van der Waals surface area contributed by atoms with Crippen LogP contribution in [0.2, 0.25) is 0 Å². The molecule has 0 saturated carbocycles. The lowest BCUT2D eigenvalue weighted by molar-refractivity contribution is 0.0602. The molecule has 0 amide bonds. The molecule has 0 aliphatic heterocycles. The molecule has 126 valence electrons. The van der Waals surface area contributed by atoms with Crippen molar-refractivity contribution in [2.75, 3.05) is 23.5 Å². The van der Waals surface area contributed by atoms with E-state index in [1.165, 1.54) is 13.4 Å². The van der Waals surface area contributed by atoms with E-state index in [0.29, 0.717) is 28.6 Å². The molecule has 4 N–H and O–H groups in total. The lowest BCUT2D eigenvalue weighted by Gasteiger charge is -2.14. The zero-order chi connectivity index (χ0) is 17.6. The minimum atomic E-state index is -0.446. The number of anilines is 5. The molecule has 0 bridgehead atoms. The van der Waals surface area contributed by atoms with Gasteiger partial charge in [0.25, 0.3) is 0 Å². The number of carbonyl (C=O) groups excluding carboxylic acids is 1. The van der Waals surface area contributed by atoms with Crippen LogP contribution in [0.3, 0.4) is 0 Å². The van der Waals surface area contributed by atoms with Crippen molar-refractivity contribution < 1.29 is 9.53 Å². The van der Waals surface area contributed by atoms with Gasteiger partial charge < -0.3 is 21.1 Å². The second-order valence-electron chi connectivity index (χ2n) is 5.14. The van der Waals surface area contributed by atoms with Gasteiger partial charge in [-0.25, -0.2) is 14.8 Å². The Hall–Kier alpha value is -3.61. The lowest BCUT2D eigenvalue weighted by Crippen LogP contribution is -2.09. The van der Waals surface area contributed by atoms with Crippen LogP contribution in [0, 0.1) is 0 Å². The molecule has 0 atom stereocenters. The summed E-state index contributed by atoms with van der Waals surface area (Å²) < 4.78 is 4.79. The van der Waals surface area contributed by atoms with E-state index in [1.807, 2.05) is 30.3 Å². The van der Waals surface area contributed by atoms with Gasteiger partial charge in [0.15, 0.2) is 11.6 Å². The maximum absolute atomic E-state index is 11.9. The highest BCUT2D eigenvalue weighted by Crippen LogP contribution is 2.29. The van der Waals surface area contributed by atoms with E-state index < -0.39 is 5.97 Å². The predicted octanol–water partition coefficient (Wildman–Crippen LogP) is 3.33. The number of benzene rings is 2. The molecule has 25 heavy (non-hydrogen) atoms. The molecule has 1 heterocycles. The molecule has 0 unspecified atom stereocenters. The third-order valence-corrected chi connectivity index (χ3v) is 3.51. The van der Waals surface area contributed by atoms with Crippen molar-refractivity contribution >= 4 is 34.7 Å². The summed E-state index contributed by atoms with van der Waals surface area (Å²) >= 11 is 0. The third-order valence-electron chi connectivity index (χ3n) is 3.51. The molecule has 0 aliphatic carbocycles. The minimum absolute atomic E-state index is 0.339. The molecule has 7 nitrogen and oxygen atoms in total. The average molecular weight is 335 g/mol. The van der Waals surface area contributed by atoms with E-state index in [9.17, 15) is 4.79 Å². The number of para-hydroxylation sites is 2. The first-order valence-corrected chi connectivity index (χ1v) is 7.56. The number of nitrogen functional groups attached to an aromatic ring is 1. The van der Waals surface area contributed by atoms with Gasteiger partial charge in [0.1, 0.15) is 12.0 Å². The number of nitrogens with zero attached hydrogens (tertiary/aromatic N) is 2. The highest BCUT2D eigenvalue weighted by molar-refractivity contribution is 5.97. The van der Waals surface area contributed by atoms with E-state index in [2.05, 4.69) is 20.6 Å². The number of ether oxygens (including phenoxy) is 1. The first kappa shape index (κ1) is 16.3. The third kappa shape index (κ3) is 3.66. The summed E-state index contributed by atoms with van der Waals surface area (Å²) in [7, 11) is 1.33. The molecule has 1 aromatic heterocycles. The van der Waals surface area contributed by atoms with Crippen LogP contribution in [0.1, 0.15) is 10.4 Å². The Bertz CT molecular complexity index is 884. The van der Waals surface area contributed by atoms with Crippen molar-refractivity contribution in [3.63, 3.8) is 0 Å². The maximum atomic E-state index is 11.9. The molecular formula is C18H17N5O2. The van der Waals surface area contributed by atoms with Gasteiger partial charge in [-0.05, 0) is 24.3 Å². The molecule has 0 saturated heterocycles. The van der Waals surface area contributed by atoms with Crippen molar-refractivity contribution in [2.24, 2.45) is 0 Å². The Kier molecular flexibility index (Phi) is 4.75. The van der Waals surface area contributed by atoms with Gasteiger partial charge in [-0.15, -0.1) is 0 Å². The highest BCUT2D eigenvalue weighted by Gasteiger charge is 2.14. The Morgan fingerprint density at radius 1 is 0.960 bits per heavy atom. The van der Waals surface area contributed by atoms with Crippen LogP contribution >= 0.6 is 0 Å². The lowest BCUT2D eigenvalue weighted by atomic mass is 10.2. The fraction of sp³-hybridized carbons (Fsp3) is 0.0556. The summed E-state index contributed by atoms with van der Waals surface area (Å²) in [6, 6.07) is 16.5. The number of carbonyl (C=O) groups is 1. The van der Waals surface area contributed by atoms with Crippen molar-refractivity contribution in [1.29, 1.82) is 0 Å². The molecule has 3 rings (SSSR count). The SMILES string of the molecule is COC(=O)c1ccccc1Nc1ncnc(Nc2ccccc2)c1N. The normalized spacial score (nSPS) is 10.1. The van der Waals surface area contributed by atoms with Gasteiger partial charge in [-0.1, -0.05) is 30.3 Å². The number of hydrogen-bond acceptors (Lipinski definition) is 7. The smallest absolute Gasteiger partial charge is 0.339 e.